The molecule has 0 radical (unpaired) electrons. The molecule has 0 atom stereocenters. The monoisotopic (exact) mass is 152 g/mol. The largest absolute Gasteiger partial charge is 0.299 e. The van der Waals surface area contributed by atoms with Gasteiger partial charge >= 0.3 is 0 Å². The first-order chi connectivity index (χ1) is 5.41. The fraction of sp³-hybridized carbons (Fsp3) is 0.500. The van der Waals surface area contributed by atoms with E-state index in [1.54, 1.807) is 6.08 Å². The Bertz CT molecular complexity index is 134. The van der Waals surface area contributed by atoms with Crippen LogP contribution in [0.15, 0.2) is 24.3 Å². The van der Waals surface area contributed by atoms with Crippen molar-refractivity contribution in [1.82, 2.24) is 0 Å². The highest BCUT2D eigenvalue weighted by Gasteiger charge is 1.79. The Balaban J connectivity index is 3.15. The van der Waals surface area contributed by atoms with Crippen molar-refractivity contribution in [3.05, 3.63) is 24.3 Å². The van der Waals surface area contributed by atoms with E-state index in [1.165, 1.54) is 25.3 Å². The molecule has 0 rings (SSSR count). The second-order valence-corrected chi connectivity index (χ2v) is 2.44. The first-order valence-corrected chi connectivity index (χ1v) is 4.18. The molecule has 0 spiro atoms. The fourth-order valence-corrected chi connectivity index (χ4v) is 0.796. The van der Waals surface area contributed by atoms with Gasteiger partial charge in [-0.25, -0.2) is 0 Å². The number of unbranched alkanes of at least 4 members (excludes halogenated alkanes) is 3. The average Bonchev–Trinajstić information content (AvgIpc) is 2.03. The van der Waals surface area contributed by atoms with E-state index >= 15 is 0 Å². The lowest BCUT2D eigenvalue weighted by Crippen LogP contribution is -1.69. The van der Waals surface area contributed by atoms with Gasteiger partial charge in [0.05, 0.1) is 0 Å². The summed E-state index contributed by atoms with van der Waals surface area (Å²) < 4.78 is 0. The van der Waals surface area contributed by atoms with Gasteiger partial charge in [-0.05, 0) is 18.9 Å². The summed E-state index contributed by atoms with van der Waals surface area (Å²) in [4.78, 5) is 9.82. The number of carbonyl (C=O) groups is 1. The molecule has 0 saturated heterocycles. The highest BCUT2D eigenvalue weighted by atomic mass is 16.1. The van der Waals surface area contributed by atoms with Crippen LogP contribution in [0.5, 0.6) is 0 Å². The Morgan fingerprint density at radius 3 is 2.55 bits per heavy atom. The third-order valence-electron chi connectivity index (χ3n) is 1.41. The van der Waals surface area contributed by atoms with Gasteiger partial charge in [-0.15, -0.1) is 0 Å². The van der Waals surface area contributed by atoms with Crippen molar-refractivity contribution in [2.45, 2.75) is 32.6 Å². The molecule has 0 aromatic heterocycles. The van der Waals surface area contributed by atoms with Crippen LogP contribution in [0.1, 0.15) is 32.6 Å². The molecule has 0 aromatic rings. The number of rotatable bonds is 6. The first kappa shape index (κ1) is 10.2. The van der Waals surface area contributed by atoms with Crippen LogP contribution in [-0.4, -0.2) is 6.29 Å². The van der Waals surface area contributed by atoms with Gasteiger partial charge in [0.25, 0.3) is 0 Å². The van der Waals surface area contributed by atoms with Crippen LogP contribution in [0, 0.1) is 0 Å². The van der Waals surface area contributed by atoms with Crippen molar-refractivity contribution in [3.63, 3.8) is 0 Å². The molecule has 0 fully saturated rings. The average molecular weight is 152 g/mol. The Morgan fingerprint density at radius 2 is 1.91 bits per heavy atom. The minimum Gasteiger partial charge on any atom is -0.299 e. The van der Waals surface area contributed by atoms with E-state index in [4.69, 9.17) is 0 Å². The van der Waals surface area contributed by atoms with Gasteiger partial charge in [0, 0.05) is 0 Å². The lowest BCUT2D eigenvalue weighted by Gasteiger charge is -1.89. The van der Waals surface area contributed by atoms with E-state index in [9.17, 15) is 4.79 Å². The summed E-state index contributed by atoms with van der Waals surface area (Å²) in [7, 11) is 0. The van der Waals surface area contributed by atoms with Crippen molar-refractivity contribution >= 4 is 6.29 Å². The van der Waals surface area contributed by atoms with Crippen LogP contribution in [0.3, 0.4) is 0 Å². The standard InChI is InChI=1S/C10H16O/c1-2-3-4-5-6-7-8-9-10-11/h6-10H,2-5H2,1H3/b7-6?,9-8-. The van der Waals surface area contributed by atoms with Crippen LogP contribution >= 0.6 is 0 Å². The van der Waals surface area contributed by atoms with Gasteiger partial charge in [-0.3, -0.25) is 4.79 Å². The molecular weight excluding hydrogens is 136 g/mol. The zero-order valence-corrected chi connectivity index (χ0v) is 7.12. The molecule has 1 heteroatoms. The van der Waals surface area contributed by atoms with Gasteiger partial charge in [0.1, 0.15) is 6.29 Å². The number of allylic oxidation sites excluding steroid dienone is 4. The molecule has 0 unspecified atom stereocenters. The zero-order valence-electron chi connectivity index (χ0n) is 7.12. The van der Waals surface area contributed by atoms with Crippen molar-refractivity contribution in [1.29, 1.82) is 0 Å². The van der Waals surface area contributed by atoms with Gasteiger partial charge in [0.2, 0.25) is 0 Å². The quantitative estimate of drug-likeness (QED) is 0.247. The smallest absolute Gasteiger partial charge is 0.142 e. The van der Waals surface area contributed by atoms with Crippen molar-refractivity contribution in [3.8, 4) is 0 Å². The molecule has 1 nitrogen and oxygen atoms in total. The highest BCUT2D eigenvalue weighted by Crippen LogP contribution is 1.99. The van der Waals surface area contributed by atoms with E-state index in [-0.39, 0.29) is 0 Å². The fourth-order valence-electron chi connectivity index (χ4n) is 0.796. The highest BCUT2D eigenvalue weighted by molar-refractivity contribution is 5.65. The van der Waals surface area contributed by atoms with E-state index in [2.05, 4.69) is 13.0 Å². The summed E-state index contributed by atoms with van der Waals surface area (Å²) in [6, 6.07) is 0. The Hall–Kier alpha value is -0.850. The number of aldehydes is 1. The molecule has 0 heterocycles. The minimum atomic E-state index is 0.788. The lowest BCUT2D eigenvalue weighted by atomic mass is 10.2. The molecule has 0 amide bonds. The van der Waals surface area contributed by atoms with Crippen LogP contribution < -0.4 is 0 Å². The summed E-state index contributed by atoms with van der Waals surface area (Å²) in [6.07, 6.45) is 13.0. The summed E-state index contributed by atoms with van der Waals surface area (Å²) >= 11 is 0. The first-order valence-electron chi connectivity index (χ1n) is 4.18. The topological polar surface area (TPSA) is 17.1 Å². The Morgan fingerprint density at radius 1 is 1.09 bits per heavy atom. The van der Waals surface area contributed by atoms with E-state index < -0.39 is 0 Å². The number of hydrogen-bond donors (Lipinski definition) is 0. The second-order valence-electron chi connectivity index (χ2n) is 2.44. The molecular formula is C10H16O. The van der Waals surface area contributed by atoms with E-state index in [1.807, 2.05) is 6.08 Å². The summed E-state index contributed by atoms with van der Waals surface area (Å²) in [6.45, 7) is 2.19. The molecule has 11 heavy (non-hydrogen) atoms. The third-order valence-corrected chi connectivity index (χ3v) is 1.41. The van der Waals surface area contributed by atoms with Crippen molar-refractivity contribution in [2.75, 3.05) is 0 Å². The lowest BCUT2D eigenvalue weighted by molar-refractivity contribution is -0.104. The number of hydrogen-bond acceptors (Lipinski definition) is 1. The summed E-state index contributed by atoms with van der Waals surface area (Å²) in [5, 5.41) is 0. The van der Waals surface area contributed by atoms with Gasteiger partial charge in [-0.2, -0.15) is 0 Å². The number of carbonyl (C=O) groups excluding carboxylic acids is 1. The van der Waals surface area contributed by atoms with Crippen molar-refractivity contribution in [2.24, 2.45) is 0 Å². The summed E-state index contributed by atoms with van der Waals surface area (Å²) in [5.41, 5.74) is 0. The second kappa shape index (κ2) is 9.15. The maximum Gasteiger partial charge on any atom is 0.142 e. The summed E-state index contributed by atoms with van der Waals surface area (Å²) in [5.74, 6) is 0. The predicted molar refractivity (Wildman–Crippen MR) is 48.5 cm³/mol. The van der Waals surface area contributed by atoms with Crippen LogP contribution in [0.25, 0.3) is 0 Å². The van der Waals surface area contributed by atoms with Gasteiger partial charge in [0.15, 0.2) is 0 Å². The Kier molecular flexibility index (Phi) is 8.44. The molecule has 62 valence electrons. The third kappa shape index (κ3) is 9.15. The molecule has 0 aromatic carbocycles. The van der Waals surface area contributed by atoms with E-state index in [0.717, 1.165) is 12.7 Å². The SMILES string of the molecule is CCCCCC=C/C=C\C=O. The maximum absolute atomic E-state index is 9.82. The molecule has 0 N–H and O–H groups in total. The van der Waals surface area contributed by atoms with Crippen molar-refractivity contribution < 1.29 is 4.79 Å². The maximum atomic E-state index is 9.82. The van der Waals surface area contributed by atoms with Crippen LogP contribution in [0.4, 0.5) is 0 Å². The van der Waals surface area contributed by atoms with Crippen LogP contribution in [-0.2, 0) is 4.79 Å². The van der Waals surface area contributed by atoms with Crippen LogP contribution in [0.2, 0.25) is 0 Å². The Labute approximate surface area is 68.8 Å². The zero-order chi connectivity index (χ0) is 8.36. The molecule has 0 bridgehead atoms. The van der Waals surface area contributed by atoms with E-state index in [0.29, 0.717) is 0 Å². The van der Waals surface area contributed by atoms with Gasteiger partial charge in [-0.1, -0.05) is 38.0 Å². The molecule has 0 aliphatic carbocycles. The predicted octanol–water partition coefficient (Wildman–Crippen LogP) is 2.88. The van der Waals surface area contributed by atoms with Gasteiger partial charge < -0.3 is 0 Å². The molecule has 0 saturated carbocycles. The molecule has 0 aliphatic heterocycles. The minimum absolute atomic E-state index is 0.788. The normalized spacial score (nSPS) is 11.4. The molecule has 0 aliphatic rings.